The average molecular weight is 206 g/mol. The van der Waals surface area contributed by atoms with Crippen molar-refractivity contribution in [2.24, 2.45) is 11.1 Å². The molecule has 2 nitrogen and oxygen atoms in total. The number of hydrogen-bond donors (Lipinski definition) is 0. The van der Waals surface area contributed by atoms with Gasteiger partial charge in [-0.1, -0.05) is 19.0 Å². The fraction of sp³-hybridized carbons (Fsp3) is 0.857. The summed E-state index contributed by atoms with van der Waals surface area (Å²) in [5, 5.41) is 3.84. The van der Waals surface area contributed by atoms with E-state index in [0.717, 1.165) is 11.0 Å². The Bertz CT molecular complexity index is 167. The fourth-order valence-corrected chi connectivity index (χ4v) is 1.45. The maximum absolute atomic E-state index is 5.26. The van der Waals surface area contributed by atoms with Gasteiger partial charge in [0.05, 0.1) is 0 Å². The van der Waals surface area contributed by atoms with Crippen LogP contribution in [0, 0.1) is 5.92 Å². The molecule has 0 saturated carbocycles. The zero-order chi connectivity index (χ0) is 7.78. The molecule has 0 aromatic rings. The maximum Gasteiger partial charge on any atom is 0.143 e. The van der Waals surface area contributed by atoms with Gasteiger partial charge in [0.15, 0.2) is 0 Å². The van der Waals surface area contributed by atoms with Crippen molar-refractivity contribution in [3.8, 4) is 0 Å². The monoisotopic (exact) mass is 205 g/mol. The molecule has 0 amide bonds. The van der Waals surface area contributed by atoms with Gasteiger partial charge in [-0.2, -0.15) is 0 Å². The maximum atomic E-state index is 5.26. The van der Waals surface area contributed by atoms with Gasteiger partial charge in [0.25, 0.3) is 0 Å². The predicted octanol–water partition coefficient (Wildman–Crippen LogP) is 2.53. The fourth-order valence-electron chi connectivity index (χ4n) is 0.818. The van der Waals surface area contributed by atoms with Gasteiger partial charge in [-0.25, -0.2) is 0 Å². The minimum atomic E-state index is -0.0845. The van der Waals surface area contributed by atoms with E-state index in [9.17, 15) is 0 Å². The van der Waals surface area contributed by atoms with E-state index < -0.39 is 0 Å². The molecule has 1 rings (SSSR count). The van der Waals surface area contributed by atoms with Crippen molar-refractivity contribution in [1.82, 2.24) is 0 Å². The van der Waals surface area contributed by atoms with Crippen LogP contribution in [0.1, 0.15) is 27.2 Å². The van der Waals surface area contributed by atoms with Crippen LogP contribution in [0.15, 0.2) is 5.16 Å². The highest BCUT2D eigenvalue weighted by Gasteiger charge is 2.36. The van der Waals surface area contributed by atoms with E-state index in [1.165, 1.54) is 0 Å². The summed E-state index contributed by atoms with van der Waals surface area (Å²) in [7, 11) is 0. The lowest BCUT2D eigenvalue weighted by Gasteiger charge is -2.25. The summed E-state index contributed by atoms with van der Waals surface area (Å²) in [5.41, 5.74) is -0.0845. The highest BCUT2D eigenvalue weighted by Crippen LogP contribution is 2.32. The van der Waals surface area contributed by atoms with Crippen molar-refractivity contribution in [1.29, 1.82) is 0 Å². The van der Waals surface area contributed by atoms with Crippen molar-refractivity contribution in [3.63, 3.8) is 0 Å². The highest BCUT2D eigenvalue weighted by atomic mass is 79.9. The molecule has 1 aliphatic rings. The molecular formula is C7H12BrNO. The Morgan fingerprint density at radius 3 is 2.50 bits per heavy atom. The summed E-state index contributed by atoms with van der Waals surface area (Å²) in [6, 6.07) is 0. The van der Waals surface area contributed by atoms with Crippen LogP contribution in [-0.4, -0.2) is 10.2 Å². The van der Waals surface area contributed by atoms with Crippen LogP contribution in [0.4, 0.5) is 0 Å². The van der Waals surface area contributed by atoms with Crippen LogP contribution >= 0.6 is 15.9 Å². The van der Waals surface area contributed by atoms with E-state index in [1.807, 2.05) is 0 Å². The summed E-state index contributed by atoms with van der Waals surface area (Å²) in [6.45, 7) is 6.36. The van der Waals surface area contributed by atoms with Crippen LogP contribution in [-0.2, 0) is 4.84 Å². The molecule has 0 N–H and O–H groups in total. The quantitative estimate of drug-likeness (QED) is 0.645. The lowest BCUT2D eigenvalue weighted by atomic mass is 9.90. The summed E-state index contributed by atoms with van der Waals surface area (Å²) < 4.78 is 0.920. The van der Waals surface area contributed by atoms with Crippen molar-refractivity contribution < 1.29 is 4.84 Å². The topological polar surface area (TPSA) is 21.6 Å². The minimum absolute atomic E-state index is 0.0845. The number of hydrogen-bond acceptors (Lipinski definition) is 2. The van der Waals surface area contributed by atoms with Crippen molar-refractivity contribution >= 4 is 20.6 Å². The van der Waals surface area contributed by atoms with Gasteiger partial charge in [-0.15, -0.1) is 0 Å². The summed E-state index contributed by atoms with van der Waals surface area (Å²) in [6.07, 6.45) is 0.894. The van der Waals surface area contributed by atoms with Gasteiger partial charge in [-0.3, -0.25) is 0 Å². The van der Waals surface area contributed by atoms with Crippen LogP contribution in [0.3, 0.4) is 0 Å². The molecule has 0 aliphatic carbocycles. The molecule has 1 unspecified atom stereocenters. The van der Waals surface area contributed by atoms with Crippen LogP contribution in [0.25, 0.3) is 0 Å². The summed E-state index contributed by atoms with van der Waals surface area (Å²) >= 11 is 3.31. The third-order valence-electron chi connectivity index (χ3n) is 2.07. The van der Waals surface area contributed by atoms with Gasteiger partial charge >= 0.3 is 0 Å². The molecule has 0 radical (unpaired) electrons. The first-order chi connectivity index (χ1) is 4.54. The molecule has 1 atom stereocenters. The zero-order valence-electron chi connectivity index (χ0n) is 6.52. The lowest BCUT2D eigenvalue weighted by molar-refractivity contribution is -0.0384. The third kappa shape index (κ3) is 1.34. The number of nitrogens with zero attached hydrogens (tertiary/aromatic N) is 1. The van der Waals surface area contributed by atoms with E-state index in [1.54, 1.807) is 0 Å². The first kappa shape index (κ1) is 8.05. The number of halogens is 1. The molecule has 0 aromatic heterocycles. The van der Waals surface area contributed by atoms with E-state index in [0.29, 0.717) is 5.92 Å². The molecule has 1 aliphatic heterocycles. The third-order valence-corrected chi connectivity index (χ3v) is 2.50. The van der Waals surface area contributed by atoms with E-state index in [-0.39, 0.29) is 5.60 Å². The Balaban J connectivity index is 2.61. The summed E-state index contributed by atoms with van der Waals surface area (Å²) in [4.78, 5) is 5.26. The molecule has 1 heterocycles. The molecular weight excluding hydrogens is 194 g/mol. The van der Waals surface area contributed by atoms with Crippen molar-refractivity contribution in [3.05, 3.63) is 0 Å². The minimum Gasteiger partial charge on any atom is -0.388 e. The first-order valence-corrected chi connectivity index (χ1v) is 4.24. The van der Waals surface area contributed by atoms with Crippen molar-refractivity contribution in [2.45, 2.75) is 32.8 Å². The Morgan fingerprint density at radius 2 is 2.30 bits per heavy atom. The Morgan fingerprint density at radius 1 is 1.70 bits per heavy atom. The standard InChI is InChI=1S/C7H12BrNO/c1-5(2)7(3)4-6(8)9-10-7/h5H,4H2,1-3H3. The molecule has 0 fully saturated rings. The van der Waals surface area contributed by atoms with Crippen molar-refractivity contribution in [2.75, 3.05) is 0 Å². The predicted molar refractivity (Wildman–Crippen MR) is 45.3 cm³/mol. The van der Waals surface area contributed by atoms with Gasteiger partial charge < -0.3 is 4.84 Å². The normalized spacial score (nSPS) is 32.3. The first-order valence-electron chi connectivity index (χ1n) is 3.45. The molecule has 0 aromatic carbocycles. The molecule has 10 heavy (non-hydrogen) atoms. The van der Waals surface area contributed by atoms with Crippen LogP contribution < -0.4 is 0 Å². The Hall–Kier alpha value is -0.0500. The number of oxime groups is 1. The lowest BCUT2D eigenvalue weighted by Crippen LogP contribution is -2.30. The second-order valence-corrected chi connectivity index (χ2v) is 4.12. The van der Waals surface area contributed by atoms with Gasteiger partial charge in [0.1, 0.15) is 10.2 Å². The molecule has 0 spiro atoms. The van der Waals surface area contributed by atoms with Gasteiger partial charge in [-0.05, 0) is 28.8 Å². The number of rotatable bonds is 1. The highest BCUT2D eigenvalue weighted by molar-refractivity contribution is 9.18. The van der Waals surface area contributed by atoms with Gasteiger partial charge in [0, 0.05) is 6.42 Å². The SMILES string of the molecule is CC(C)C1(C)CC(Br)=NO1. The molecule has 0 saturated heterocycles. The summed E-state index contributed by atoms with van der Waals surface area (Å²) in [5.74, 6) is 0.506. The molecule has 0 bridgehead atoms. The van der Waals surface area contributed by atoms with Crippen LogP contribution in [0.5, 0.6) is 0 Å². The molecule has 3 heteroatoms. The molecule has 58 valence electrons. The van der Waals surface area contributed by atoms with Gasteiger partial charge in [0.2, 0.25) is 0 Å². The van der Waals surface area contributed by atoms with E-state index in [4.69, 9.17) is 4.84 Å². The average Bonchev–Trinajstić information content (AvgIpc) is 2.13. The second-order valence-electron chi connectivity index (χ2n) is 3.20. The smallest absolute Gasteiger partial charge is 0.143 e. The zero-order valence-corrected chi connectivity index (χ0v) is 8.10. The largest absolute Gasteiger partial charge is 0.388 e. The Kier molecular flexibility index (Phi) is 2.04. The second kappa shape index (κ2) is 2.53. The Labute approximate surface area is 69.8 Å². The van der Waals surface area contributed by atoms with E-state index >= 15 is 0 Å². The van der Waals surface area contributed by atoms with Crippen LogP contribution in [0.2, 0.25) is 0 Å². The van der Waals surface area contributed by atoms with E-state index in [2.05, 4.69) is 41.9 Å².